The summed E-state index contributed by atoms with van der Waals surface area (Å²) in [7, 11) is 0. The van der Waals surface area contributed by atoms with Gasteiger partial charge in [-0.15, -0.1) is 0 Å². The summed E-state index contributed by atoms with van der Waals surface area (Å²) in [5.74, 6) is -2.27. The maximum absolute atomic E-state index is 13.6. The molecule has 3 rings (SSSR count). The number of aromatic nitrogens is 3. The van der Waals surface area contributed by atoms with Crippen LogP contribution >= 0.6 is 11.8 Å². The molecule has 190 valence electrons. The number of thioether (sulfide) groups is 1. The average molecular weight is 497 g/mol. The normalized spacial score (nSPS) is 28.6. The van der Waals surface area contributed by atoms with Crippen molar-refractivity contribution in [1.29, 1.82) is 0 Å². The smallest absolute Gasteiger partial charge is 0.408 e. The second-order valence-electron chi connectivity index (χ2n) is 11.9. The van der Waals surface area contributed by atoms with E-state index < -0.39 is 52.2 Å². The highest BCUT2D eigenvalue weighted by atomic mass is 32.2. The Labute approximate surface area is 204 Å². The second-order valence-corrected chi connectivity index (χ2v) is 13.1. The molecule has 2 aliphatic rings. The number of esters is 2. The lowest BCUT2D eigenvalue weighted by atomic mass is 9.89. The summed E-state index contributed by atoms with van der Waals surface area (Å²) in [6.45, 7) is 15.9. The van der Waals surface area contributed by atoms with Gasteiger partial charge in [0.25, 0.3) is 0 Å². The highest BCUT2D eigenvalue weighted by molar-refractivity contribution is 7.99. The van der Waals surface area contributed by atoms with Crippen LogP contribution in [-0.2, 0) is 23.8 Å². The number of fused-ring (bicyclic) bond motifs is 1. The van der Waals surface area contributed by atoms with Crippen LogP contribution in [0.2, 0.25) is 0 Å². The van der Waals surface area contributed by atoms with E-state index in [4.69, 9.17) is 14.2 Å². The van der Waals surface area contributed by atoms with Crippen molar-refractivity contribution in [3.63, 3.8) is 0 Å². The van der Waals surface area contributed by atoms with Gasteiger partial charge in [-0.3, -0.25) is 9.89 Å². The molecule has 1 aromatic heterocycles. The Morgan fingerprint density at radius 1 is 1.00 bits per heavy atom. The van der Waals surface area contributed by atoms with Crippen molar-refractivity contribution in [2.75, 3.05) is 0 Å². The van der Waals surface area contributed by atoms with Gasteiger partial charge >= 0.3 is 18.0 Å². The monoisotopic (exact) mass is 496 g/mol. The molecule has 34 heavy (non-hydrogen) atoms. The Morgan fingerprint density at radius 2 is 1.59 bits per heavy atom. The number of amides is 1. The Morgan fingerprint density at radius 3 is 2.09 bits per heavy atom. The second kappa shape index (κ2) is 8.73. The van der Waals surface area contributed by atoms with E-state index in [0.717, 1.165) is 0 Å². The van der Waals surface area contributed by atoms with E-state index in [0.29, 0.717) is 5.16 Å². The summed E-state index contributed by atoms with van der Waals surface area (Å²) < 4.78 is 16.9. The van der Waals surface area contributed by atoms with E-state index in [2.05, 4.69) is 20.5 Å². The molecule has 2 aliphatic carbocycles. The lowest BCUT2D eigenvalue weighted by molar-refractivity contribution is -0.165. The number of rotatable bonds is 5. The number of H-pyrrole nitrogens is 1. The summed E-state index contributed by atoms with van der Waals surface area (Å²) in [4.78, 5) is 43.8. The van der Waals surface area contributed by atoms with Crippen LogP contribution in [0.5, 0.6) is 0 Å². The molecule has 0 aromatic carbocycles. The van der Waals surface area contributed by atoms with Crippen LogP contribution in [0.1, 0.15) is 68.7 Å². The minimum Gasteiger partial charge on any atom is -0.460 e. The molecular formula is C23H36N4O6S. The number of carbonyl (C=O) groups is 3. The van der Waals surface area contributed by atoms with E-state index in [9.17, 15) is 14.4 Å². The molecule has 0 spiro atoms. The predicted octanol–water partition coefficient (Wildman–Crippen LogP) is 3.48. The van der Waals surface area contributed by atoms with Gasteiger partial charge in [0.2, 0.25) is 0 Å². The largest absolute Gasteiger partial charge is 0.460 e. The summed E-state index contributed by atoms with van der Waals surface area (Å²) >= 11 is 1.39. The maximum Gasteiger partial charge on any atom is 0.408 e. The van der Waals surface area contributed by atoms with Crippen LogP contribution in [0, 0.1) is 17.8 Å². The van der Waals surface area contributed by atoms with Gasteiger partial charge in [0.1, 0.15) is 28.7 Å². The standard InChI is InChI=1S/C23H36N4O6S/c1-20(2,3)31-16(28)14-13-12(34-18-24-11-25-27-18)10-23(15(13)14,17(29)32-21(4,5)6)26-19(30)33-22(7,8)9/h11-15H,10H2,1-9H3,(H,26,30)(H,24,25,27)/t12?,13-,14-,15-,23-/m0/s1. The number of hydrogen-bond acceptors (Lipinski definition) is 9. The number of nitrogens with one attached hydrogen (secondary N) is 2. The third kappa shape index (κ3) is 6.03. The Bertz CT molecular complexity index is 931. The number of ether oxygens (including phenoxy) is 3. The number of aromatic amines is 1. The van der Waals surface area contributed by atoms with E-state index in [-0.39, 0.29) is 17.6 Å². The maximum atomic E-state index is 13.6. The summed E-state index contributed by atoms with van der Waals surface area (Å²) in [5.41, 5.74) is -3.69. The van der Waals surface area contributed by atoms with Crippen molar-refractivity contribution in [3.05, 3.63) is 6.33 Å². The van der Waals surface area contributed by atoms with Crippen molar-refractivity contribution >= 4 is 29.8 Å². The minimum atomic E-state index is -1.44. The molecule has 10 nitrogen and oxygen atoms in total. The Kier molecular flexibility index (Phi) is 6.75. The fourth-order valence-electron chi connectivity index (χ4n) is 4.47. The topological polar surface area (TPSA) is 132 Å². The zero-order valence-corrected chi connectivity index (χ0v) is 22.2. The van der Waals surface area contributed by atoms with E-state index in [1.165, 1.54) is 18.1 Å². The van der Waals surface area contributed by atoms with Crippen LogP contribution in [0.15, 0.2) is 11.5 Å². The van der Waals surface area contributed by atoms with Gasteiger partial charge in [-0.1, -0.05) is 11.8 Å². The molecule has 2 saturated carbocycles. The number of carbonyl (C=O) groups excluding carboxylic acids is 3. The molecular weight excluding hydrogens is 460 g/mol. The third-order valence-corrected chi connectivity index (χ3v) is 6.62. The molecule has 0 aliphatic heterocycles. The van der Waals surface area contributed by atoms with Gasteiger partial charge in [-0.2, -0.15) is 5.10 Å². The molecule has 2 N–H and O–H groups in total. The van der Waals surface area contributed by atoms with Crippen molar-refractivity contribution < 1.29 is 28.6 Å². The van der Waals surface area contributed by atoms with Crippen LogP contribution in [0.25, 0.3) is 0 Å². The van der Waals surface area contributed by atoms with Crippen LogP contribution in [0.4, 0.5) is 4.79 Å². The zero-order chi connectivity index (χ0) is 25.7. The SMILES string of the molecule is CC(C)(C)OC(=O)N[C@@]1(C(=O)OC(C)(C)C)CC(Sc2ncn[nH]2)[C@H]2[C@H](C(=O)OC(C)(C)C)[C@H]21. The van der Waals surface area contributed by atoms with E-state index in [1.807, 2.05) is 0 Å². The zero-order valence-electron chi connectivity index (χ0n) is 21.3. The van der Waals surface area contributed by atoms with Crippen molar-refractivity contribution in [1.82, 2.24) is 20.5 Å². The van der Waals surface area contributed by atoms with Gasteiger partial charge in [0.15, 0.2) is 5.16 Å². The van der Waals surface area contributed by atoms with Crippen LogP contribution in [-0.4, -0.2) is 60.8 Å². The van der Waals surface area contributed by atoms with Crippen LogP contribution in [0.3, 0.4) is 0 Å². The average Bonchev–Trinajstić information content (AvgIpc) is 3.00. The molecule has 0 bridgehead atoms. The molecule has 2 fully saturated rings. The number of hydrogen-bond donors (Lipinski definition) is 2. The quantitative estimate of drug-likeness (QED) is 0.464. The molecule has 11 heteroatoms. The van der Waals surface area contributed by atoms with Gasteiger partial charge in [-0.25, -0.2) is 14.6 Å². The summed E-state index contributed by atoms with van der Waals surface area (Å²) in [5, 5.41) is 9.87. The fraction of sp³-hybridized carbons (Fsp3) is 0.783. The van der Waals surface area contributed by atoms with Gasteiger partial charge in [0.05, 0.1) is 5.92 Å². The van der Waals surface area contributed by atoms with Crippen LogP contribution < -0.4 is 5.32 Å². The molecule has 1 heterocycles. The van der Waals surface area contributed by atoms with E-state index >= 15 is 0 Å². The van der Waals surface area contributed by atoms with Crippen molar-refractivity contribution in [3.8, 4) is 0 Å². The van der Waals surface area contributed by atoms with E-state index in [1.54, 1.807) is 62.3 Å². The lowest BCUT2D eigenvalue weighted by Gasteiger charge is -2.35. The highest BCUT2D eigenvalue weighted by Crippen LogP contribution is 2.66. The molecule has 0 saturated heterocycles. The Hall–Kier alpha value is -2.30. The Balaban J connectivity index is 1.98. The van der Waals surface area contributed by atoms with Gasteiger partial charge < -0.3 is 19.5 Å². The first-order valence-electron chi connectivity index (χ1n) is 11.4. The third-order valence-electron chi connectivity index (χ3n) is 5.42. The first kappa shape index (κ1) is 26.3. The first-order valence-corrected chi connectivity index (χ1v) is 12.3. The first-order chi connectivity index (χ1) is 15.4. The lowest BCUT2D eigenvalue weighted by Crippen LogP contribution is -2.59. The molecule has 1 aromatic rings. The van der Waals surface area contributed by atoms with Crippen molar-refractivity contribution in [2.24, 2.45) is 17.8 Å². The molecule has 1 unspecified atom stereocenters. The fourth-order valence-corrected chi connectivity index (χ4v) is 5.81. The van der Waals surface area contributed by atoms with Crippen molar-refractivity contribution in [2.45, 2.75) is 101 Å². The summed E-state index contributed by atoms with van der Waals surface area (Å²) in [6, 6.07) is 0. The molecule has 0 radical (unpaired) electrons. The predicted molar refractivity (Wildman–Crippen MR) is 125 cm³/mol. The van der Waals surface area contributed by atoms with Gasteiger partial charge in [0, 0.05) is 11.2 Å². The number of alkyl carbamates (subject to hydrolysis) is 1. The number of nitrogens with zero attached hydrogens (tertiary/aromatic N) is 2. The highest BCUT2D eigenvalue weighted by Gasteiger charge is 2.77. The van der Waals surface area contributed by atoms with Gasteiger partial charge in [-0.05, 0) is 74.7 Å². The minimum absolute atomic E-state index is 0.210. The molecule has 1 amide bonds. The summed E-state index contributed by atoms with van der Waals surface area (Å²) in [6.07, 6.45) is 0.908. The molecule has 5 atom stereocenters.